The van der Waals surface area contributed by atoms with Gasteiger partial charge in [0.1, 0.15) is 5.82 Å². The normalized spacial score (nSPS) is 15.3. The Morgan fingerprint density at radius 3 is 2.60 bits per heavy atom. The molecule has 1 saturated heterocycles. The highest BCUT2D eigenvalue weighted by Gasteiger charge is 2.31. The Bertz CT molecular complexity index is 945. The first-order valence-corrected chi connectivity index (χ1v) is 9.24. The lowest BCUT2D eigenvalue weighted by Gasteiger charge is -2.22. The molecule has 1 amide bonds. The fourth-order valence-corrected chi connectivity index (χ4v) is 3.12. The van der Waals surface area contributed by atoms with E-state index in [0.717, 1.165) is 12.3 Å². The molecule has 2 aromatic rings. The van der Waals surface area contributed by atoms with E-state index in [-0.39, 0.29) is 11.6 Å². The zero-order valence-electron chi connectivity index (χ0n) is 15.9. The molecule has 0 spiro atoms. The predicted molar refractivity (Wildman–Crippen MR) is 105 cm³/mol. The summed E-state index contributed by atoms with van der Waals surface area (Å²) in [5.41, 5.74) is -0.314. The van der Waals surface area contributed by atoms with Crippen LogP contribution in [-0.4, -0.2) is 46.9 Å². The third-order valence-electron chi connectivity index (χ3n) is 4.71. The zero-order valence-corrected chi connectivity index (χ0v) is 15.9. The molecule has 3 rings (SSSR count). The van der Waals surface area contributed by atoms with Crippen LogP contribution in [0.4, 0.5) is 24.7 Å². The van der Waals surface area contributed by atoms with Crippen molar-refractivity contribution in [3.63, 3.8) is 0 Å². The molecule has 0 bridgehead atoms. The van der Waals surface area contributed by atoms with E-state index < -0.39 is 16.7 Å². The molecule has 0 aliphatic carbocycles. The van der Waals surface area contributed by atoms with Crippen LogP contribution in [0, 0.1) is 10.1 Å². The summed E-state index contributed by atoms with van der Waals surface area (Å²) in [6.45, 7) is 1.89. The largest absolute Gasteiger partial charge is 0.417 e. The maximum atomic E-state index is 12.7. The average molecular weight is 420 g/mol. The molecule has 10 heteroatoms. The molecule has 0 atom stereocenters. The van der Waals surface area contributed by atoms with E-state index in [0.29, 0.717) is 44.0 Å². The van der Waals surface area contributed by atoms with Gasteiger partial charge in [0.25, 0.3) is 5.69 Å². The molecule has 1 aromatic heterocycles. The Kier molecular flexibility index (Phi) is 6.34. The summed E-state index contributed by atoms with van der Waals surface area (Å²) in [6, 6.07) is 8.29. The first-order chi connectivity index (χ1) is 14.2. The van der Waals surface area contributed by atoms with Gasteiger partial charge in [0.05, 0.1) is 10.5 Å². The summed E-state index contributed by atoms with van der Waals surface area (Å²) in [6.07, 6.45) is -0.0937. The van der Waals surface area contributed by atoms with Crippen molar-refractivity contribution in [2.75, 3.05) is 31.1 Å². The van der Waals surface area contributed by atoms with Crippen LogP contribution in [0.3, 0.4) is 0 Å². The van der Waals surface area contributed by atoms with Crippen molar-refractivity contribution in [3.05, 3.63) is 69.9 Å². The third-order valence-corrected chi connectivity index (χ3v) is 4.71. The number of non-ortho nitro benzene ring substituents is 1. The van der Waals surface area contributed by atoms with Crippen molar-refractivity contribution < 1.29 is 22.9 Å². The molecule has 0 unspecified atom stereocenters. The molecular formula is C20H19F3N4O3. The Hall–Kier alpha value is -3.43. The molecular weight excluding hydrogens is 401 g/mol. The maximum Gasteiger partial charge on any atom is 0.417 e. The minimum atomic E-state index is -4.43. The van der Waals surface area contributed by atoms with Gasteiger partial charge in [-0.25, -0.2) is 4.98 Å². The number of halogens is 3. The van der Waals surface area contributed by atoms with Gasteiger partial charge < -0.3 is 9.80 Å². The third kappa shape index (κ3) is 5.34. The van der Waals surface area contributed by atoms with E-state index in [2.05, 4.69) is 4.98 Å². The average Bonchev–Trinajstić information content (AvgIpc) is 2.98. The molecule has 7 nitrogen and oxygen atoms in total. The van der Waals surface area contributed by atoms with E-state index in [1.807, 2.05) is 4.90 Å². The number of pyridine rings is 1. The number of hydrogen-bond donors (Lipinski definition) is 0. The number of carbonyl (C=O) groups is 1. The van der Waals surface area contributed by atoms with Crippen molar-refractivity contribution in [3.8, 4) is 0 Å². The van der Waals surface area contributed by atoms with Gasteiger partial charge in [-0.3, -0.25) is 14.9 Å². The number of amides is 1. The summed E-state index contributed by atoms with van der Waals surface area (Å²) < 4.78 is 38.1. The quantitative estimate of drug-likeness (QED) is 0.428. The van der Waals surface area contributed by atoms with Crippen LogP contribution in [0.1, 0.15) is 17.5 Å². The van der Waals surface area contributed by atoms with Gasteiger partial charge in [-0.15, -0.1) is 0 Å². The molecule has 1 aliphatic rings. The van der Waals surface area contributed by atoms with E-state index >= 15 is 0 Å². The smallest absolute Gasteiger partial charge is 0.355 e. The number of nitro benzene ring substituents is 1. The van der Waals surface area contributed by atoms with Crippen LogP contribution in [0.15, 0.2) is 48.7 Å². The molecule has 158 valence electrons. The van der Waals surface area contributed by atoms with Crippen molar-refractivity contribution in [1.29, 1.82) is 0 Å². The van der Waals surface area contributed by atoms with Crippen molar-refractivity contribution >= 4 is 23.5 Å². The SMILES string of the molecule is O=C(/C=C/c1cccc([N+](=O)[O-])c1)N1CCCN(c2ccc(C(F)(F)F)cn2)CC1. The fraction of sp³-hybridized carbons (Fsp3) is 0.300. The number of hydrogen-bond acceptors (Lipinski definition) is 5. The monoisotopic (exact) mass is 420 g/mol. The number of rotatable bonds is 4. The Morgan fingerprint density at radius 2 is 1.93 bits per heavy atom. The summed E-state index contributed by atoms with van der Waals surface area (Å²) in [7, 11) is 0. The number of nitro groups is 1. The minimum Gasteiger partial charge on any atom is -0.355 e. The lowest BCUT2D eigenvalue weighted by molar-refractivity contribution is -0.384. The van der Waals surface area contributed by atoms with Gasteiger partial charge in [0.15, 0.2) is 0 Å². The number of aromatic nitrogens is 1. The van der Waals surface area contributed by atoms with Gasteiger partial charge in [-0.2, -0.15) is 13.2 Å². The standard InChI is InChI=1S/C20H19F3N4O3/c21-20(22,23)16-6-7-18(24-14-16)25-9-2-10-26(12-11-25)19(28)8-5-15-3-1-4-17(13-15)27(29)30/h1,3-8,13-14H,2,9-12H2/b8-5+. The number of carbonyl (C=O) groups excluding carboxylic acids is 1. The topological polar surface area (TPSA) is 79.6 Å². The van der Waals surface area contributed by atoms with Crippen molar-refractivity contribution in [1.82, 2.24) is 9.88 Å². The van der Waals surface area contributed by atoms with E-state index in [1.54, 1.807) is 17.0 Å². The number of benzene rings is 1. The second-order valence-electron chi connectivity index (χ2n) is 6.75. The lowest BCUT2D eigenvalue weighted by atomic mass is 10.2. The molecule has 1 fully saturated rings. The molecule has 2 heterocycles. The first kappa shape index (κ1) is 21.3. The Morgan fingerprint density at radius 1 is 1.13 bits per heavy atom. The highest BCUT2D eigenvalue weighted by Crippen LogP contribution is 2.29. The van der Waals surface area contributed by atoms with Crippen LogP contribution in [0.2, 0.25) is 0 Å². The van der Waals surface area contributed by atoms with Gasteiger partial charge >= 0.3 is 6.18 Å². The maximum absolute atomic E-state index is 12.7. The van der Waals surface area contributed by atoms with Gasteiger partial charge in [-0.1, -0.05) is 12.1 Å². The number of alkyl halides is 3. The second kappa shape index (κ2) is 8.93. The van der Waals surface area contributed by atoms with E-state index in [1.165, 1.54) is 30.4 Å². The first-order valence-electron chi connectivity index (χ1n) is 9.24. The summed E-state index contributed by atoms with van der Waals surface area (Å²) >= 11 is 0. The fourth-order valence-electron chi connectivity index (χ4n) is 3.12. The van der Waals surface area contributed by atoms with E-state index in [4.69, 9.17) is 0 Å². The van der Waals surface area contributed by atoms with Gasteiger partial charge in [-0.05, 0) is 30.2 Å². The molecule has 1 aliphatic heterocycles. The highest BCUT2D eigenvalue weighted by atomic mass is 19.4. The molecule has 0 radical (unpaired) electrons. The van der Waals surface area contributed by atoms with Crippen molar-refractivity contribution in [2.24, 2.45) is 0 Å². The van der Waals surface area contributed by atoms with Crippen LogP contribution in [-0.2, 0) is 11.0 Å². The molecule has 0 N–H and O–H groups in total. The molecule has 1 aromatic carbocycles. The number of nitrogens with zero attached hydrogens (tertiary/aromatic N) is 4. The van der Waals surface area contributed by atoms with Crippen LogP contribution >= 0.6 is 0 Å². The van der Waals surface area contributed by atoms with Crippen molar-refractivity contribution in [2.45, 2.75) is 12.6 Å². The second-order valence-corrected chi connectivity index (χ2v) is 6.75. The van der Waals surface area contributed by atoms with Crippen LogP contribution in [0.5, 0.6) is 0 Å². The summed E-state index contributed by atoms with van der Waals surface area (Å²) in [5.74, 6) is 0.202. The van der Waals surface area contributed by atoms with Gasteiger partial charge in [0, 0.05) is 50.6 Å². The van der Waals surface area contributed by atoms with Crippen LogP contribution < -0.4 is 4.90 Å². The molecule has 30 heavy (non-hydrogen) atoms. The number of anilines is 1. The zero-order chi connectivity index (χ0) is 21.7. The van der Waals surface area contributed by atoms with Crippen LogP contribution in [0.25, 0.3) is 6.08 Å². The Labute approximate surface area is 170 Å². The Balaban J connectivity index is 1.61. The van der Waals surface area contributed by atoms with Gasteiger partial charge in [0.2, 0.25) is 5.91 Å². The molecule has 0 saturated carbocycles. The summed E-state index contributed by atoms with van der Waals surface area (Å²) in [5, 5.41) is 10.8. The lowest BCUT2D eigenvalue weighted by Crippen LogP contribution is -2.34. The van der Waals surface area contributed by atoms with E-state index in [9.17, 15) is 28.1 Å². The summed E-state index contributed by atoms with van der Waals surface area (Å²) in [4.78, 5) is 30.2. The highest BCUT2D eigenvalue weighted by molar-refractivity contribution is 5.91. The predicted octanol–water partition coefficient (Wildman–Crippen LogP) is 3.76. The minimum absolute atomic E-state index is 0.0564.